The minimum Gasteiger partial charge on any atom is -0.750 e. The number of halogens is 4. The van der Waals surface area contributed by atoms with Crippen molar-refractivity contribution in [3.8, 4) is 0 Å². The largest absolute Gasteiger partial charge is 0.750 e. The number of fused-ring (bicyclic) bond motifs is 2. The van der Waals surface area contributed by atoms with Gasteiger partial charge in [0.1, 0.15) is 12.0 Å². The first-order chi connectivity index (χ1) is 42.2. The molecule has 0 radical (unpaired) electrons. The Morgan fingerprint density at radius 1 is 0.758 bits per heavy atom. The molecule has 0 fully saturated rings. The molecule has 0 bridgehead atoms. The molecule has 95 heavy (non-hydrogen) atoms. The second-order valence-corrected chi connectivity index (χ2v) is 28.0. The fourth-order valence-corrected chi connectivity index (χ4v) is 12.3. The van der Waals surface area contributed by atoms with Crippen LogP contribution in [0.1, 0.15) is 125 Å². The number of anilines is 1. The molecule has 40 heteroatoms. The molecule has 3 amide bonds. The summed E-state index contributed by atoms with van der Waals surface area (Å²) in [5, 5.41) is 24.3. The van der Waals surface area contributed by atoms with Gasteiger partial charge in [-0.05, 0) is 100 Å². The number of carbonyl (C=O) groups is 5. The maximum atomic E-state index is 14.7. The highest BCUT2D eigenvalue weighted by Crippen LogP contribution is 2.49. The van der Waals surface area contributed by atoms with Crippen LogP contribution in [0.5, 0.6) is 0 Å². The minimum atomic E-state index is -4.35. The summed E-state index contributed by atoms with van der Waals surface area (Å²) >= 11 is -2.86. The number of aliphatic carboxylic acids is 1. The van der Waals surface area contributed by atoms with Crippen molar-refractivity contribution < 1.29 is 118 Å². The van der Waals surface area contributed by atoms with Crippen molar-refractivity contribution in [3.05, 3.63) is 101 Å². The van der Waals surface area contributed by atoms with Crippen molar-refractivity contribution >= 4 is 163 Å². The fourth-order valence-electron chi connectivity index (χ4n) is 10.2. The predicted octanol–water partition coefficient (Wildman–Crippen LogP) is 5.36. The van der Waals surface area contributed by atoms with E-state index in [9.17, 15) is 49.0 Å². The lowest BCUT2D eigenvalue weighted by Gasteiger charge is -2.35. The Balaban J connectivity index is -0.00000125. The number of carboxylic acid groups (broad SMARTS) is 2. The van der Waals surface area contributed by atoms with Gasteiger partial charge in [-0.25, -0.2) is 16.9 Å². The molecule has 3 aliphatic rings. The average Bonchev–Trinajstić information content (AvgIpc) is 1.57. The Kier molecular flexibility index (Phi) is 45.8. The summed E-state index contributed by atoms with van der Waals surface area (Å²) in [4.78, 5) is 62.8. The zero-order chi connectivity index (χ0) is 69.7. The van der Waals surface area contributed by atoms with Crippen LogP contribution in [0.2, 0.25) is 0 Å². The molecule has 30 nitrogen and oxygen atoms in total. The number of unbranched alkanes of at least 4 members (excludes halogenated alkanes) is 3. The van der Waals surface area contributed by atoms with Crippen LogP contribution in [-0.4, -0.2) is 186 Å². The Hall–Kier alpha value is -5.31. The third-order valence-corrected chi connectivity index (χ3v) is 17.7. The zero-order valence-electron chi connectivity index (χ0n) is 52.9. The van der Waals surface area contributed by atoms with Crippen molar-refractivity contribution in [3.63, 3.8) is 0 Å². The molecule has 2 atom stereocenters. The second-order valence-electron chi connectivity index (χ2n) is 21.5. The summed E-state index contributed by atoms with van der Waals surface area (Å²) in [7, 11) is -17.6. The molecule has 2 aliphatic heterocycles. The van der Waals surface area contributed by atoms with Crippen molar-refractivity contribution in [1.82, 2.24) is 20.3 Å². The van der Waals surface area contributed by atoms with E-state index in [-0.39, 0.29) is 148 Å². The third-order valence-electron chi connectivity index (χ3n) is 14.3. The minimum absolute atomic E-state index is 0. The first-order valence-electron chi connectivity index (χ1n) is 28.0. The SMILES string of the molecule is Br.CCCC[N+]1=C(/C=C/C2=CC(=C/C=C3/N(CCCS(=O)(=O)O)c4ccc(S(=O)(=O)N(C)CCCC(=O)NCCS(=O)(=O)O)cc4C3(C)C)/CC(C(=O)NCC)(C(=O)NCCCCCC(=O)O)C2)C(C)(C)c2ccccc21.Cl.F.I.O=CO.O=S(=O)=O.O=S(=O)=O.O=S([O-])O.[HH]. The van der Waals surface area contributed by atoms with Crippen molar-refractivity contribution in [1.29, 1.82) is 0 Å². The van der Waals surface area contributed by atoms with Crippen molar-refractivity contribution in [2.24, 2.45) is 5.41 Å². The number of nitrogens with one attached hydrogen (secondary N) is 3. The van der Waals surface area contributed by atoms with E-state index >= 15 is 0 Å². The molecule has 5 rings (SSSR count). The zero-order valence-corrected chi connectivity index (χ0v) is 62.6. The van der Waals surface area contributed by atoms with Crippen molar-refractivity contribution in [2.45, 2.75) is 128 Å². The van der Waals surface area contributed by atoms with Gasteiger partial charge in [-0.15, -0.1) is 78.6 Å². The summed E-state index contributed by atoms with van der Waals surface area (Å²) in [6.07, 6.45) is 13.2. The van der Waals surface area contributed by atoms with E-state index in [0.29, 0.717) is 47.4 Å². The van der Waals surface area contributed by atoms with Gasteiger partial charge in [0.2, 0.25) is 33.4 Å². The molecule has 2 heterocycles. The van der Waals surface area contributed by atoms with Gasteiger partial charge in [-0.3, -0.25) is 37.8 Å². The Labute approximate surface area is 593 Å². The fraction of sp³-hybridized carbons (Fsp3) is 0.527. The molecule has 2 aromatic carbocycles. The number of benzene rings is 2. The standard InChI is InChI=1S/C54H76N6O13S3.CH2O2.BrH.ClH.FH.HI.H2O3S.2O3S.H2/c1-8-10-31-59-44-19-14-13-18-42(44)52(3,4)46(59)26-22-39-35-40(38-54(37-39,50(64)55-9-2)51(65)57-28-15-11-12-21-49(62)63)23-27-47-53(5,6)43-36-41(24-25-45(43)60(47)32-17-33-74(66,67)68)76(72,73)58(7)30-16-20-48(61)56-29-34-75(69,70)71;2-1-3;;;;;3*1-4(2)3;/h13-14,18-19,22-27,35-36H,8-12,15-17,20-21,28-34,37-38H2,1-7H3,(H5-,55,56,57,61,62,63,64,65,66,67,68,69,70,71);1H,(H,2,3);4*1H;(H2,1,2,3);;;1H. The van der Waals surface area contributed by atoms with Crippen LogP contribution in [0.25, 0.3) is 0 Å². The highest BCUT2D eigenvalue weighted by molar-refractivity contribution is 14.0. The van der Waals surface area contributed by atoms with E-state index < -0.39 is 109 Å². The third kappa shape index (κ3) is 32.7. The first-order valence-corrected chi connectivity index (χ1v) is 35.7. The van der Waals surface area contributed by atoms with E-state index in [4.69, 9.17) is 58.1 Å². The van der Waals surface area contributed by atoms with Crippen LogP contribution in [-0.2, 0) is 97.6 Å². The number of nitrogens with zero attached hydrogens (tertiary/aromatic N) is 3. The molecule has 2 aromatic rings. The number of sulfonamides is 1. The number of allylic oxidation sites excluding steroid dienone is 8. The summed E-state index contributed by atoms with van der Waals surface area (Å²) in [6, 6.07) is 13.0. The topological polar surface area (TPSA) is 477 Å². The van der Waals surface area contributed by atoms with Gasteiger partial charge < -0.3 is 40.2 Å². The monoisotopic (exact) mass is 1670 g/mol. The van der Waals surface area contributed by atoms with Gasteiger partial charge in [-0.1, -0.05) is 70.0 Å². The first kappa shape index (κ1) is 96.1. The molecule has 544 valence electrons. The second kappa shape index (κ2) is 45.3. The molecule has 0 spiro atoms. The number of rotatable bonds is 28. The molecule has 1 aliphatic carbocycles. The Bertz CT molecular complexity index is 3680. The number of hydrogen-bond donors (Lipinski definition) is 8. The van der Waals surface area contributed by atoms with Crippen LogP contribution >= 0.6 is 53.4 Å². The lowest BCUT2D eigenvalue weighted by molar-refractivity contribution is -0.438. The summed E-state index contributed by atoms with van der Waals surface area (Å²) in [5.74, 6) is -3.54. The number of carboxylic acids is 1. The summed E-state index contributed by atoms with van der Waals surface area (Å²) in [6.45, 7) is 12.9. The summed E-state index contributed by atoms with van der Waals surface area (Å²) in [5.41, 5.74) is 3.65. The maximum absolute atomic E-state index is 14.7. The van der Waals surface area contributed by atoms with E-state index in [1.807, 2.05) is 55.2 Å². The molecule has 2 unspecified atom stereocenters. The summed E-state index contributed by atoms with van der Waals surface area (Å²) < 4.78 is 171. The quantitative estimate of drug-likeness (QED) is 0.0101. The normalized spacial score (nSPS) is 16.7. The highest BCUT2D eigenvalue weighted by atomic mass is 127. The van der Waals surface area contributed by atoms with E-state index in [1.165, 1.54) is 18.7 Å². The van der Waals surface area contributed by atoms with Gasteiger partial charge in [0.15, 0.2) is 5.71 Å². The van der Waals surface area contributed by atoms with Gasteiger partial charge in [0.25, 0.3) is 26.7 Å². The highest BCUT2D eigenvalue weighted by Gasteiger charge is 2.49. The van der Waals surface area contributed by atoms with Gasteiger partial charge in [0.05, 0.1) is 33.2 Å². The van der Waals surface area contributed by atoms with Crippen LogP contribution in [0.4, 0.5) is 16.1 Å². The van der Waals surface area contributed by atoms with Crippen LogP contribution in [0.3, 0.4) is 0 Å². The molecular formula is C55H86BrClFIN6O24S6. The van der Waals surface area contributed by atoms with E-state index in [0.717, 1.165) is 35.1 Å². The van der Waals surface area contributed by atoms with Gasteiger partial charge in [0, 0.05) is 95.0 Å². The van der Waals surface area contributed by atoms with Crippen LogP contribution in [0.15, 0.2) is 94.6 Å². The molecule has 0 saturated carbocycles. The number of para-hydroxylation sites is 1. The van der Waals surface area contributed by atoms with Crippen molar-refractivity contribution in [2.75, 3.05) is 62.7 Å². The van der Waals surface area contributed by atoms with Gasteiger partial charge in [-0.2, -0.15) is 21.4 Å². The maximum Gasteiger partial charge on any atom is 0.425 e. The Morgan fingerprint density at radius 3 is 1.85 bits per heavy atom. The molecular weight excluding hydrogens is 1580 g/mol. The lowest BCUT2D eigenvalue weighted by Crippen LogP contribution is -2.52. The molecule has 0 aromatic heterocycles. The van der Waals surface area contributed by atoms with Crippen LogP contribution < -0.4 is 20.9 Å². The van der Waals surface area contributed by atoms with Gasteiger partial charge >= 0.3 is 27.2 Å². The van der Waals surface area contributed by atoms with E-state index in [1.54, 1.807) is 19.1 Å². The smallest absolute Gasteiger partial charge is 0.425 e. The van der Waals surface area contributed by atoms with E-state index in [2.05, 4.69) is 59.5 Å². The number of carbonyl (C=O) groups excluding carboxylic acids is 3. The average molecular weight is 1670 g/mol. The van der Waals surface area contributed by atoms with Crippen LogP contribution in [0, 0.1) is 5.41 Å². The predicted molar refractivity (Wildman–Crippen MR) is 371 cm³/mol. The Morgan fingerprint density at radius 2 is 1.32 bits per heavy atom. The lowest BCUT2D eigenvalue weighted by atomic mass is 9.70. The molecule has 0 saturated heterocycles. The number of amides is 3. The number of hydrogen-bond acceptors (Lipinski definition) is 20. The molecule has 8 N–H and O–H groups in total.